The topological polar surface area (TPSA) is 18.5 Å². The van der Waals surface area contributed by atoms with Gasteiger partial charge in [-0.05, 0) is 34.5 Å². The number of alkyl halides is 1. The summed E-state index contributed by atoms with van der Waals surface area (Å²) in [6.07, 6.45) is 1.000. The van der Waals surface area contributed by atoms with E-state index in [0.29, 0.717) is 6.61 Å². The molecule has 0 N–H and O–H groups in total. The second kappa shape index (κ2) is 8.05. The molecule has 2 rings (SSSR count). The molecule has 1 aromatic carbocycles. The zero-order valence-corrected chi connectivity index (χ0v) is 15.2. The Morgan fingerprint density at radius 3 is 2.70 bits per heavy atom. The summed E-state index contributed by atoms with van der Waals surface area (Å²) in [4.78, 5) is 1.19. The molecule has 0 unspecified atom stereocenters. The summed E-state index contributed by atoms with van der Waals surface area (Å²) in [5.41, 5.74) is 1.13. The molecule has 2 aromatic rings. The van der Waals surface area contributed by atoms with Gasteiger partial charge < -0.3 is 9.47 Å². The fourth-order valence-electron chi connectivity index (χ4n) is 1.67. The highest BCUT2D eigenvalue weighted by Crippen LogP contribution is 2.29. The molecule has 0 atom stereocenters. The van der Waals surface area contributed by atoms with E-state index < -0.39 is 0 Å². The number of ether oxygens (including phenoxy) is 2. The van der Waals surface area contributed by atoms with E-state index in [1.54, 1.807) is 11.3 Å². The Balaban J connectivity index is 2.07. The maximum atomic E-state index is 5.93. The van der Waals surface area contributed by atoms with Crippen molar-refractivity contribution in [3.63, 3.8) is 0 Å². The van der Waals surface area contributed by atoms with Crippen LogP contribution in [0.25, 0.3) is 0 Å². The van der Waals surface area contributed by atoms with Gasteiger partial charge in [-0.25, -0.2) is 0 Å². The molecule has 0 aliphatic carbocycles. The van der Waals surface area contributed by atoms with Gasteiger partial charge in [0.15, 0.2) is 0 Å². The molecule has 108 valence electrons. The van der Waals surface area contributed by atoms with Gasteiger partial charge in [-0.2, -0.15) is 0 Å². The Kier molecular flexibility index (Phi) is 6.39. The van der Waals surface area contributed by atoms with Gasteiger partial charge in [0.05, 0.1) is 6.61 Å². The van der Waals surface area contributed by atoms with Crippen LogP contribution in [0.2, 0.25) is 0 Å². The number of benzene rings is 1. The molecular formula is C15H16Br2O2S. The maximum absolute atomic E-state index is 5.93. The first-order chi connectivity index (χ1) is 9.72. The van der Waals surface area contributed by atoms with Crippen molar-refractivity contribution >= 4 is 43.2 Å². The molecule has 0 saturated heterocycles. The van der Waals surface area contributed by atoms with Gasteiger partial charge in [0.25, 0.3) is 0 Å². The van der Waals surface area contributed by atoms with E-state index in [1.165, 1.54) is 4.88 Å². The standard InChI is InChI=1S/C15H16Br2O2S/c1-2-5-18-13-4-3-11(8-16)15(7-13)19-9-14-6-12(17)10-20-14/h3-4,6-7,10H,2,5,8-9H2,1H3. The van der Waals surface area contributed by atoms with Crippen molar-refractivity contribution in [1.82, 2.24) is 0 Å². The summed E-state index contributed by atoms with van der Waals surface area (Å²) < 4.78 is 12.7. The first kappa shape index (κ1) is 15.9. The molecule has 0 bridgehead atoms. The third-order valence-electron chi connectivity index (χ3n) is 2.65. The minimum Gasteiger partial charge on any atom is -0.493 e. The number of thiophene rings is 1. The summed E-state index contributed by atoms with van der Waals surface area (Å²) in [6, 6.07) is 8.07. The molecule has 0 fully saturated rings. The average molecular weight is 420 g/mol. The highest BCUT2D eigenvalue weighted by molar-refractivity contribution is 9.10. The minimum absolute atomic E-state index is 0.577. The monoisotopic (exact) mass is 418 g/mol. The number of rotatable bonds is 7. The molecule has 2 nitrogen and oxygen atoms in total. The van der Waals surface area contributed by atoms with E-state index in [2.05, 4.69) is 50.2 Å². The Morgan fingerprint density at radius 2 is 2.05 bits per heavy atom. The molecule has 20 heavy (non-hydrogen) atoms. The molecule has 0 saturated carbocycles. The van der Waals surface area contributed by atoms with E-state index in [0.717, 1.165) is 39.9 Å². The van der Waals surface area contributed by atoms with Crippen LogP contribution in [0.3, 0.4) is 0 Å². The minimum atomic E-state index is 0.577. The van der Waals surface area contributed by atoms with Crippen molar-refractivity contribution in [2.45, 2.75) is 25.3 Å². The summed E-state index contributed by atoms with van der Waals surface area (Å²) >= 11 is 8.63. The lowest BCUT2D eigenvalue weighted by atomic mass is 10.2. The smallest absolute Gasteiger partial charge is 0.127 e. The molecule has 1 aromatic heterocycles. The Morgan fingerprint density at radius 1 is 1.20 bits per heavy atom. The van der Waals surface area contributed by atoms with E-state index in [4.69, 9.17) is 9.47 Å². The zero-order chi connectivity index (χ0) is 14.4. The highest BCUT2D eigenvalue weighted by atomic mass is 79.9. The Bertz CT molecular complexity index is 555. The molecule has 0 radical (unpaired) electrons. The third kappa shape index (κ3) is 4.50. The van der Waals surface area contributed by atoms with Crippen LogP contribution in [-0.4, -0.2) is 6.61 Å². The van der Waals surface area contributed by atoms with Gasteiger partial charge >= 0.3 is 0 Å². The van der Waals surface area contributed by atoms with Crippen LogP contribution in [0.4, 0.5) is 0 Å². The van der Waals surface area contributed by atoms with Crippen LogP contribution in [0.1, 0.15) is 23.8 Å². The Labute approximate surface area is 140 Å². The predicted octanol–water partition coefficient (Wildman–Crippen LogP) is 5.77. The van der Waals surface area contributed by atoms with Gasteiger partial charge in [-0.3, -0.25) is 0 Å². The third-order valence-corrected chi connectivity index (χ3v) is 4.92. The number of halogens is 2. The van der Waals surface area contributed by atoms with Crippen molar-refractivity contribution < 1.29 is 9.47 Å². The van der Waals surface area contributed by atoms with Crippen LogP contribution < -0.4 is 9.47 Å². The SMILES string of the molecule is CCCOc1ccc(CBr)c(OCc2cc(Br)cs2)c1. The Hall–Kier alpha value is -0.520. The van der Waals surface area contributed by atoms with Gasteiger partial charge in [0.1, 0.15) is 18.1 Å². The molecular weight excluding hydrogens is 404 g/mol. The van der Waals surface area contributed by atoms with Crippen LogP contribution >= 0.6 is 43.2 Å². The highest BCUT2D eigenvalue weighted by Gasteiger charge is 2.07. The summed E-state index contributed by atoms with van der Waals surface area (Å²) in [7, 11) is 0. The number of hydrogen-bond acceptors (Lipinski definition) is 3. The van der Waals surface area contributed by atoms with Crippen molar-refractivity contribution in [3.8, 4) is 11.5 Å². The van der Waals surface area contributed by atoms with Gasteiger partial charge in [-0.15, -0.1) is 11.3 Å². The summed E-state index contributed by atoms with van der Waals surface area (Å²) in [6.45, 7) is 3.40. The summed E-state index contributed by atoms with van der Waals surface area (Å²) in [5, 5.41) is 2.83. The van der Waals surface area contributed by atoms with Crippen LogP contribution in [-0.2, 0) is 11.9 Å². The fourth-order valence-corrected chi connectivity index (χ4v) is 3.49. The first-order valence-corrected chi connectivity index (χ1v) is 9.19. The maximum Gasteiger partial charge on any atom is 0.127 e. The van der Waals surface area contributed by atoms with Crippen LogP contribution in [0.5, 0.6) is 11.5 Å². The molecule has 0 aliphatic heterocycles. The molecule has 0 spiro atoms. The molecule has 0 aliphatic rings. The van der Waals surface area contributed by atoms with Crippen LogP contribution in [0.15, 0.2) is 34.1 Å². The molecule has 5 heteroatoms. The van der Waals surface area contributed by atoms with Crippen molar-refractivity contribution in [3.05, 3.63) is 44.6 Å². The second-order valence-electron chi connectivity index (χ2n) is 4.27. The van der Waals surface area contributed by atoms with Gasteiger partial charge in [0.2, 0.25) is 0 Å². The van der Waals surface area contributed by atoms with Gasteiger partial charge in [-0.1, -0.05) is 28.9 Å². The largest absolute Gasteiger partial charge is 0.493 e. The predicted molar refractivity (Wildman–Crippen MR) is 91.2 cm³/mol. The van der Waals surface area contributed by atoms with Gasteiger partial charge in [0, 0.05) is 31.7 Å². The quantitative estimate of drug-likeness (QED) is 0.530. The normalized spacial score (nSPS) is 10.6. The van der Waals surface area contributed by atoms with Crippen molar-refractivity contribution in [1.29, 1.82) is 0 Å². The van der Waals surface area contributed by atoms with E-state index in [9.17, 15) is 0 Å². The summed E-state index contributed by atoms with van der Waals surface area (Å²) in [5.74, 6) is 1.74. The van der Waals surface area contributed by atoms with Crippen molar-refractivity contribution in [2.24, 2.45) is 0 Å². The van der Waals surface area contributed by atoms with Crippen molar-refractivity contribution in [2.75, 3.05) is 6.61 Å². The van der Waals surface area contributed by atoms with E-state index in [-0.39, 0.29) is 0 Å². The lowest BCUT2D eigenvalue weighted by molar-refractivity contribution is 0.295. The number of hydrogen-bond donors (Lipinski definition) is 0. The fraction of sp³-hybridized carbons (Fsp3) is 0.333. The second-order valence-corrected chi connectivity index (χ2v) is 6.74. The lowest BCUT2D eigenvalue weighted by Crippen LogP contribution is -1.99. The first-order valence-electron chi connectivity index (χ1n) is 6.40. The molecule has 0 amide bonds. The average Bonchev–Trinajstić information content (AvgIpc) is 2.88. The zero-order valence-electron chi connectivity index (χ0n) is 11.2. The van der Waals surface area contributed by atoms with E-state index in [1.807, 2.05) is 18.2 Å². The lowest BCUT2D eigenvalue weighted by Gasteiger charge is -2.12. The molecule has 1 heterocycles. The van der Waals surface area contributed by atoms with E-state index >= 15 is 0 Å². The van der Waals surface area contributed by atoms with Crippen LogP contribution in [0, 0.1) is 0 Å².